The van der Waals surface area contributed by atoms with Crippen molar-refractivity contribution in [3.8, 4) is 0 Å². The zero-order valence-corrected chi connectivity index (χ0v) is 9.43. The quantitative estimate of drug-likeness (QED) is 0.478. The molecule has 1 rings (SSSR count). The summed E-state index contributed by atoms with van der Waals surface area (Å²) in [5.41, 5.74) is 0. The number of carbonyl (C=O) groups is 2. The van der Waals surface area contributed by atoms with E-state index in [1.54, 1.807) is 18.7 Å². The molecule has 0 aliphatic heterocycles. The molecule has 7 heteroatoms. The molecule has 0 radical (unpaired) electrons. The molecule has 74 valence electrons. The SMILES string of the molecule is CC(=O)[O-].CC(=O)[O-].[Mg+2].c1c[nH]cn1. The van der Waals surface area contributed by atoms with Gasteiger partial charge in [-0.15, -0.1) is 0 Å². The number of nitrogens with zero attached hydrogens (tertiary/aromatic N) is 1. The number of carbonyl (C=O) groups excluding carboxylic acids is 2. The van der Waals surface area contributed by atoms with Gasteiger partial charge in [0.15, 0.2) is 0 Å². The van der Waals surface area contributed by atoms with E-state index < -0.39 is 11.9 Å². The van der Waals surface area contributed by atoms with Gasteiger partial charge in [0.25, 0.3) is 0 Å². The van der Waals surface area contributed by atoms with E-state index >= 15 is 0 Å². The number of aromatic nitrogens is 2. The van der Waals surface area contributed by atoms with Crippen LogP contribution >= 0.6 is 0 Å². The minimum absolute atomic E-state index is 0. The summed E-state index contributed by atoms with van der Waals surface area (Å²) < 4.78 is 0. The first-order valence-corrected chi connectivity index (χ1v) is 3.24. The Morgan fingerprint density at radius 3 is 1.64 bits per heavy atom. The summed E-state index contributed by atoms with van der Waals surface area (Å²) in [6, 6.07) is 0. The van der Waals surface area contributed by atoms with Crippen LogP contribution in [0.1, 0.15) is 13.8 Å². The second kappa shape index (κ2) is 14.4. The molecule has 0 saturated heterocycles. The van der Waals surface area contributed by atoms with E-state index in [0.717, 1.165) is 13.8 Å². The van der Waals surface area contributed by atoms with Crippen LogP contribution in [0.3, 0.4) is 0 Å². The van der Waals surface area contributed by atoms with E-state index in [-0.39, 0.29) is 23.1 Å². The number of H-pyrrole nitrogens is 1. The number of rotatable bonds is 0. The fourth-order valence-corrected chi connectivity index (χ4v) is 0.215. The van der Waals surface area contributed by atoms with Gasteiger partial charge in [-0.2, -0.15) is 0 Å². The van der Waals surface area contributed by atoms with Crippen molar-refractivity contribution in [3.63, 3.8) is 0 Å². The smallest absolute Gasteiger partial charge is 0.550 e. The van der Waals surface area contributed by atoms with Crippen molar-refractivity contribution in [1.29, 1.82) is 0 Å². The van der Waals surface area contributed by atoms with Gasteiger partial charge >= 0.3 is 23.1 Å². The minimum atomic E-state index is -1.08. The molecule has 0 aromatic carbocycles. The summed E-state index contributed by atoms with van der Waals surface area (Å²) in [5.74, 6) is -2.17. The van der Waals surface area contributed by atoms with Crippen molar-refractivity contribution in [2.45, 2.75) is 13.8 Å². The topological polar surface area (TPSA) is 109 Å². The van der Waals surface area contributed by atoms with E-state index in [0.29, 0.717) is 0 Å². The third-order valence-corrected chi connectivity index (χ3v) is 0.406. The number of aromatic amines is 1. The molecule has 1 N–H and O–H groups in total. The van der Waals surface area contributed by atoms with Gasteiger partial charge < -0.3 is 24.8 Å². The Hall–Kier alpha value is -1.08. The number of nitrogens with one attached hydrogen (secondary N) is 1. The van der Waals surface area contributed by atoms with Crippen LogP contribution in [0.15, 0.2) is 18.7 Å². The first-order chi connectivity index (χ1) is 5.96. The molecule has 1 aromatic rings. The Morgan fingerprint density at radius 2 is 1.57 bits per heavy atom. The normalized spacial score (nSPS) is 6.43. The molecule has 1 aromatic heterocycles. The van der Waals surface area contributed by atoms with Gasteiger partial charge in [-0.1, -0.05) is 0 Å². The number of carboxylic acid groups (broad SMARTS) is 2. The largest absolute Gasteiger partial charge is 2.00 e. The minimum Gasteiger partial charge on any atom is -0.550 e. The fourth-order valence-electron chi connectivity index (χ4n) is 0.215. The Balaban J connectivity index is -0.000000127. The van der Waals surface area contributed by atoms with Gasteiger partial charge in [-0.3, -0.25) is 0 Å². The maximum atomic E-state index is 8.89. The van der Waals surface area contributed by atoms with Crippen molar-refractivity contribution in [2.24, 2.45) is 0 Å². The molecule has 6 nitrogen and oxygen atoms in total. The van der Waals surface area contributed by atoms with Gasteiger partial charge in [0.2, 0.25) is 0 Å². The summed E-state index contributed by atoms with van der Waals surface area (Å²) >= 11 is 0. The molecule has 0 fully saturated rings. The standard InChI is InChI=1S/C3H4N2.2C2H4O2.Mg/c1-2-5-3-4-1;2*1-2(3)4;/h1-3H,(H,4,5);2*1H3,(H,3,4);/q;;;+2/p-2. The summed E-state index contributed by atoms with van der Waals surface area (Å²) in [5, 5.41) is 17.8. The van der Waals surface area contributed by atoms with Gasteiger partial charge in [0, 0.05) is 24.3 Å². The molecule has 0 aliphatic carbocycles. The molecule has 0 amide bonds. The molecule has 0 unspecified atom stereocenters. The predicted octanol–water partition coefficient (Wildman–Crippen LogP) is -2.46. The molecule has 14 heavy (non-hydrogen) atoms. The molecule has 0 aliphatic rings. The van der Waals surface area contributed by atoms with Crippen molar-refractivity contribution in [1.82, 2.24) is 9.97 Å². The third kappa shape index (κ3) is 70.0. The van der Waals surface area contributed by atoms with Crippen LogP contribution < -0.4 is 10.2 Å². The number of aliphatic carboxylic acids is 2. The molecule has 0 saturated carbocycles. The molecule has 1 heterocycles. The first kappa shape index (κ1) is 18.7. The van der Waals surface area contributed by atoms with E-state index in [1.807, 2.05) is 0 Å². The summed E-state index contributed by atoms with van der Waals surface area (Å²) in [6.45, 7) is 1.94. The van der Waals surface area contributed by atoms with Gasteiger partial charge in [-0.25, -0.2) is 4.98 Å². The van der Waals surface area contributed by atoms with Crippen LogP contribution in [0.25, 0.3) is 0 Å². The van der Waals surface area contributed by atoms with Crippen LogP contribution in [-0.2, 0) is 9.59 Å². The maximum absolute atomic E-state index is 8.89. The van der Waals surface area contributed by atoms with Crippen LogP contribution in [0.2, 0.25) is 0 Å². The Morgan fingerprint density at radius 1 is 1.21 bits per heavy atom. The maximum Gasteiger partial charge on any atom is 2.00 e. The van der Waals surface area contributed by atoms with Crippen LogP contribution in [0, 0.1) is 0 Å². The van der Waals surface area contributed by atoms with E-state index in [4.69, 9.17) is 19.8 Å². The summed E-state index contributed by atoms with van der Waals surface area (Å²) in [4.78, 5) is 24.2. The average Bonchev–Trinajstić information content (AvgIpc) is 2.35. The Kier molecular flexibility index (Phi) is 19.2. The second-order valence-corrected chi connectivity index (χ2v) is 1.74. The number of hydrogen-bond acceptors (Lipinski definition) is 5. The molecule has 0 atom stereocenters. The van der Waals surface area contributed by atoms with E-state index in [9.17, 15) is 0 Å². The van der Waals surface area contributed by atoms with Crippen LogP contribution in [0.4, 0.5) is 0 Å². The zero-order valence-electron chi connectivity index (χ0n) is 8.02. The Bertz CT molecular complexity index is 188. The molecular weight excluding hydrogens is 200 g/mol. The number of hydrogen-bond donors (Lipinski definition) is 1. The van der Waals surface area contributed by atoms with Gasteiger partial charge in [-0.05, 0) is 13.8 Å². The zero-order chi connectivity index (χ0) is 10.7. The van der Waals surface area contributed by atoms with Crippen molar-refractivity contribution in [3.05, 3.63) is 18.7 Å². The van der Waals surface area contributed by atoms with Crippen LogP contribution in [0.5, 0.6) is 0 Å². The summed E-state index contributed by atoms with van der Waals surface area (Å²) in [6.07, 6.45) is 5.08. The predicted molar refractivity (Wildman–Crippen MR) is 45.7 cm³/mol. The van der Waals surface area contributed by atoms with Gasteiger partial charge in [0.05, 0.1) is 6.33 Å². The molecule has 0 bridgehead atoms. The number of imidazole rings is 1. The van der Waals surface area contributed by atoms with E-state index in [1.165, 1.54) is 0 Å². The van der Waals surface area contributed by atoms with Crippen molar-refractivity contribution in [2.75, 3.05) is 0 Å². The fraction of sp³-hybridized carbons (Fsp3) is 0.286. The molecular formula is C7H10MgN2O4. The average molecular weight is 210 g/mol. The summed E-state index contributed by atoms with van der Waals surface area (Å²) in [7, 11) is 0. The van der Waals surface area contributed by atoms with Crippen LogP contribution in [-0.4, -0.2) is 45.0 Å². The molecule has 0 spiro atoms. The van der Waals surface area contributed by atoms with Crippen molar-refractivity contribution < 1.29 is 19.8 Å². The number of carboxylic acids is 2. The van der Waals surface area contributed by atoms with E-state index in [2.05, 4.69) is 9.97 Å². The monoisotopic (exact) mass is 210 g/mol. The Labute approximate surface area is 97.5 Å². The van der Waals surface area contributed by atoms with Gasteiger partial charge in [0.1, 0.15) is 0 Å². The second-order valence-electron chi connectivity index (χ2n) is 1.74. The van der Waals surface area contributed by atoms with Crippen molar-refractivity contribution >= 4 is 35.0 Å². The first-order valence-electron chi connectivity index (χ1n) is 3.24. The third-order valence-electron chi connectivity index (χ3n) is 0.406.